The average molecular weight is 342 g/mol. The lowest BCUT2D eigenvalue weighted by Crippen LogP contribution is -2.46. The molecule has 0 unspecified atom stereocenters. The van der Waals surface area contributed by atoms with Gasteiger partial charge in [-0.25, -0.2) is 0 Å². The first kappa shape index (κ1) is 17.1. The third-order valence-electron chi connectivity index (χ3n) is 4.50. The molecule has 24 heavy (non-hydrogen) atoms. The highest BCUT2D eigenvalue weighted by Crippen LogP contribution is 2.45. The van der Waals surface area contributed by atoms with Crippen molar-refractivity contribution in [1.29, 1.82) is 0 Å². The van der Waals surface area contributed by atoms with Crippen LogP contribution < -0.4 is 0 Å². The number of aliphatic hydroxyl groups is 5. The summed E-state index contributed by atoms with van der Waals surface area (Å²) in [6.45, 7) is -0.815. The molecule has 2 bridgehead atoms. The molecule has 0 aliphatic carbocycles. The van der Waals surface area contributed by atoms with Crippen LogP contribution in [-0.2, 0) is 14.3 Å². The Morgan fingerprint density at radius 3 is 2.12 bits per heavy atom. The van der Waals surface area contributed by atoms with Crippen molar-refractivity contribution >= 4 is 18.0 Å². The van der Waals surface area contributed by atoms with Gasteiger partial charge in [0.2, 0.25) is 0 Å². The van der Waals surface area contributed by atoms with E-state index in [0.717, 1.165) is 6.21 Å². The van der Waals surface area contributed by atoms with Crippen LogP contribution in [0.4, 0.5) is 0 Å². The quantitative estimate of drug-likeness (QED) is 0.188. The molecule has 0 aromatic rings. The number of carbonyl (C=O) groups excluding carboxylic acids is 2. The Morgan fingerprint density at radius 2 is 1.62 bits per heavy atom. The maximum Gasteiger partial charge on any atom is 0.256 e. The SMILES string of the molecule is O=C1[C@H]2[C@H](C(=O)N1/N=C\[C@H](O)[C@H](O)[C@H](O)[C@H](O)CO)[C@H]1C=C[C@@H]2O1. The highest BCUT2D eigenvalue weighted by Gasteiger charge is 2.61. The normalized spacial score (nSPS) is 36.5. The fourth-order valence-corrected chi connectivity index (χ4v) is 3.16. The summed E-state index contributed by atoms with van der Waals surface area (Å²) >= 11 is 0. The molecule has 0 radical (unpaired) electrons. The Labute approximate surface area is 136 Å². The van der Waals surface area contributed by atoms with Crippen LogP contribution in [0.2, 0.25) is 0 Å². The van der Waals surface area contributed by atoms with Gasteiger partial charge in [0.1, 0.15) is 24.4 Å². The predicted molar refractivity (Wildman–Crippen MR) is 76.2 cm³/mol. The predicted octanol–water partition coefficient (Wildman–Crippen LogP) is -3.65. The van der Waals surface area contributed by atoms with Crippen molar-refractivity contribution in [2.45, 2.75) is 36.6 Å². The van der Waals surface area contributed by atoms with Crippen LogP contribution in [0, 0.1) is 11.8 Å². The average Bonchev–Trinajstić information content (AvgIpc) is 3.25. The minimum absolute atomic E-state index is 0.464. The zero-order valence-corrected chi connectivity index (χ0v) is 12.4. The summed E-state index contributed by atoms with van der Waals surface area (Å²) in [5, 5.41) is 51.1. The molecule has 132 valence electrons. The number of nitrogens with zero attached hydrogens (tertiary/aromatic N) is 2. The van der Waals surface area contributed by atoms with E-state index in [2.05, 4.69) is 5.10 Å². The van der Waals surface area contributed by atoms with Crippen molar-refractivity contribution < 1.29 is 39.9 Å². The van der Waals surface area contributed by atoms with Gasteiger partial charge in [0.25, 0.3) is 11.8 Å². The van der Waals surface area contributed by atoms with Gasteiger partial charge in [0.05, 0.1) is 36.9 Å². The Kier molecular flexibility index (Phi) is 4.51. The number of hydrazone groups is 1. The Balaban J connectivity index is 1.67. The van der Waals surface area contributed by atoms with Crippen molar-refractivity contribution in [3.63, 3.8) is 0 Å². The van der Waals surface area contributed by atoms with Gasteiger partial charge in [-0.3, -0.25) is 9.59 Å². The summed E-state index contributed by atoms with van der Waals surface area (Å²) in [4.78, 5) is 24.5. The standard InChI is InChI=1S/C14H18N2O8/c17-4-6(19)12(21)11(20)5(18)3-15-16-13(22)9-7-1-2-8(24-7)10(9)14(16)23/h1-3,5-12,17-21H,4H2/b15-3-/t5-,6+,7-,8+,9+,10+,11-,12+/m0/s1. The zero-order chi connectivity index (χ0) is 17.6. The molecule has 0 aromatic heterocycles. The fraction of sp³-hybridized carbons (Fsp3) is 0.643. The smallest absolute Gasteiger partial charge is 0.256 e. The first-order valence-electron chi connectivity index (χ1n) is 7.45. The highest BCUT2D eigenvalue weighted by atomic mass is 16.5. The van der Waals surface area contributed by atoms with E-state index in [1.165, 1.54) is 0 Å². The zero-order valence-electron chi connectivity index (χ0n) is 12.4. The van der Waals surface area contributed by atoms with E-state index in [4.69, 9.17) is 9.84 Å². The van der Waals surface area contributed by atoms with Crippen LogP contribution in [0.3, 0.4) is 0 Å². The van der Waals surface area contributed by atoms with Crippen LogP contribution in [-0.4, -0.2) is 91.8 Å². The molecule has 10 heteroatoms. The Morgan fingerprint density at radius 1 is 1.08 bits per heavy atom. The molecule has 3 aliphatic rings. The molecule has 0 spiro atoms. The van der Waals surface area contributed by atoms with Gasteiger partial charge in [0.15, 0.2) is 0 Å². The number of ether oxygens (including phenoxy) is 1. The summed E-state index contributed by atoms with van der Waals surface area (Å²) in [5.74, 6) is -2.41. The van der Waals surface area contributed by atoms with Gasteiger partial charge in [0, 0.05) is 0 Å². The summed E-state index contributed by atoms with van der Waals surface area (Å²) in [6.07, 6.45) is -3.86. The summed E-state index contributed by atoms with van der Waals surface area (Å²) in [7, 11) is 0. The van der Waals surface area contributed by atoms with Crippen LogP contribution >= 0.6 is 0 Å². The topological polar surface area (TPSA) is 160 Å². The number of hydrogen-bond donors (Lipinski definition) is 5. The maximum atomic E-state index is 12.3. The van der Waals surface area contributed by atoms with Crippen molar-refractivity contribution in [3.8, 4) is 0 Å². The molecule has 3 rings (SSSR count). The van der Waals surface area contributed by atoms with Gasteiger partial charge in [-0.2, -0.15) is 10.1 Å². The molecule has 2 saturated heterocycles. The summed E-state index contributed by atoms with van der Waals surface area (Å²) in [6, 6.07) is 0. The molecule has 2 amide bonds. The van der Waals surface area contributed by atoms with Gasteiger partial charge in [-0.05, 0) is 0 Å². The number of hydrogen-bond acceptors (Lipinski definition) is 9. The summed E-state index contributed by atoms with van der Waals surface area (Å²) < 4.78 is 5.46. The van der Waals surface area contributed by atoms with E-state index in [9.17, 15) is 30.0 Å². The van der Waals surface area contributed by atoms with E-state index < -0.39 is 66.9 Å². The van der Waals surface area contributed by atoms with Crippen molar-refractivity contribution in [2.75, 3.05) is 6.61 Å². The second-order valence-electron chi connectivity index (χ2n) is 5.98. The molecule has 3 aliphatic heterocycles. The molecular formula is C14H18N2O8. The van der Waals surface area contributed by atoms with E-state index in [1.807, 2.05) is 0 Å². The number of carbonyl (C=O) groups is 2. The van der Waals surface area contributed by atoms with E-state index in [-0.39, 0.29) is 0 Å². The molecule has 10 nitrogen and oxygen atoms in total. The monoisotopic (exact) mass is 342 g/mol. The largest absolute Gasteiger partial charge is 0.394 e. The number of fused-ring (bicyclic) bond motifs is 5. The molecule has 0 aromatic carbocycles. The number of amides is 2. The van der Waals surface area contributed by atoms with Crippen molar-refractivity contribution in [3.05, 3.63) is 12.2 Å². The number of imide groups is 1. The van der Waals surface area contributed by atoms with Crippen LogP contribution in [0.15, 0.2) is 17.3 Å². The molecule has 0 saturated carbocycles. The van der Waals surface area contributed by atoms with Gasteiger partial charge < -0.3 is 30.3 Å². The molecular weight excluding hydrogens is 324 g/mol. The summed E-state index contributed by atoms with van der Waals surface area (Å²) in [5.41, 5.74) is 0. The molecule has 5 N–H and O–H groups in total. The first-order valence-corrected chi connectivity index (χ1v) is 7.45. The lowest BCUT2D eigenvalue weighted by Gasteiger charge is -2.23. The van der Waals surface area contributed by atoms with Gasteiger partial charge in [-0.15, -0.1) is 0 Å². The van der Waals surface area contributed by atoms with E-state index >= 15 is 0 Å². The van der Waals surface area contributed by atoms with Gasteiger partial charge >= 0.3 is 0 Å². The third-order valence-corrected chi connectivity index (χ3v) is 4.50. The lowest BCUT2D eigenvalue weighted by molar-refractivity contribution is -0.142. The minimum Gasteiger partial charge on any atom is -0.394 e. The second-order valence-corrected chi connectivity index (χ2v) is 5.98. The molecule has 2 fully saturated rings. The Hall–Kier alpha value is -1.69. The van der Waals surface area contributed by atoms with Crippen molar-refractivity contribution in [2.24, 2.45) is 16.9 Å². The first-order chi connectivity index (χ1) is 11.4. The number of rotatable bonds is 6. The second kappa shape index (κ2) is 6.31. The number of aliphatic hydroxyl groups excluding tert-OH is 5. The lowest BCUT2D eigenvalue weighted by atomic mass is 9.85. The van der Waals surface area contributed by atoms with Gasteiger partial charge in [-0.1, -0.05) is 12.2 Å². The van der Waals surface area contributed by atoms with Crippen molar-refractivity contribution in [1.82, 2.24) is 5.01 Å². The van der Waals surface area contributed by atoms with Crippen LogP contribution in [0.1, 0.15) is 0 Å². The third kappa shape index (κ3) is 2.57. The molecule has 3 heterocycles. The minimum atomic E-state index is -1.86. The Bertz CT molecular complexity index is 563. The van der Waals surface area contributed by atoms with E-state index in [1.54, 1.807) is 12.2 Å². The maximum absolute atomic E-state index is 12.3. The van der Waals surface area contributed by atoms with Crippen LogP contribution in [0.5, 0.6) is 0 Å². The fourth-order valence-electron chi connectivity index (χ4n) is 3.16. The molecule has 8 atom stereocenters. The highest BCUT2D eigenvalue weighted by molar-refractivity contribution is 6.06. The van der Waals surface area contributed by atoms with E-state index in [0.29, 0.717) is 5.01 Å². The van der Waals surface area contributed by atoms with Crippen LogP contribution in [0.25, 0.3) is 0 Å².